The van der Waals surface area contributed by atoms with Gasteiger partial charge < -0.3 is 14.5 Å². The number of aromatic nitrogens is 1. The Balaban J connectivity index is 2.11. The van der Waals surface area contributed by atoms with Crippen molar-refractivity contribution in [3.63, 3.8) is 0 Å². The lowest BCUT2D eigenvalue weighted by Crippen LogP contribution is -2.07. The molecular formula is C18H19NO5. The van der Waals surface area contributed by atoms with Gasteiger partial charge in [0.25, 0.3) is 0 Å². The molecule has 0 saturated heterocycles. The second-order valence-corrected chi connectivity index (χ2v) is 5.27. The second-order valence-electron chi connectivity index (χ2n) is 5.27. The molecule has 0 spiro atoms. The fraction of sp³-hybridized carbons (Fsp3) is 0.278. The number of nitrogens with one attached hydrogen (secondary N) is 1. The minimum atomic E-state index is -0.538. The zero-order valence-corrected chi connectivity index (χ0v) is 13.6. The smallest absolute Gasteiger partial charge is 0.355 e. The van der Waals surface area contributed by atoms with Crippen LogP contribution in [-0.2, 0) is 27.3 Å². The van der Waals surface area contributed by atoms with Gasteiger partial charge >= 0.3 is 11.9 Å². The van der Waals surface area contributed by atoms with Crippen LogP contribution in [0.4, 0.5) is 0 Å². The molecule has 0 atom stereocenters. The van der Waals surface area contributed by atoms with Gasteiger partial charge in [-0.05, 0) is 30.0 Å². The van der Waals surface area contributed by atoms with Gasteiger partial charge in [-0.2, -0.15) is 0 Å². The van der Waals surface area contributed by atoms with E-state index < -0.39 is 5.97 Å². The fourth-order valence-corrected chi connectivity index (χ4v) is 2.41. The number of methoxy groups -OCH3 is 1. The highest BCUT2D eigenvalue weighted by atomic mass is 16.5. The highest BCUT2D eigenvalue weighted by molar-refractivity contribution is 5.92. The number of benzene rings is 1. The number of carbonyl (C=O) groups is 3. The summed E-state index contributed by atoms with van der Waals surface area (Å²) in [5.41, 5.74) is 2.62. The maximum atomic E-state index is 12.3. The number of aromatic amines is 1. The summed E-state index contributed by atoms with van der Waals surface area (Å²) in [5, 5.41) is 0. The molecule has 6 nitrogen and oxygen atoms in total. The Labute approximate surface area is 139 Å². The van der Waals surface area contributed by atoms with E-state index >= 15 is 0 Å². The molecule has 6 heteroatoms. The molecule has 2 aromatic rings. The predicted octanol–water partition coefficient (Wildman–Crippen LogP) is 2.60. The summed E-state index contributed by atoms with van der Waals surface area (Å²) < 4.78 is 9.87. The normalized spacial score (nSPS) is 10.2. The standard InChI is InChI=1S/C18H19NO5/c1-12-14(8-9-16(21)23-2)15(10-20)19-17(12)18(22)24-11-13-6-4-3-5-7-13/h3-7,10,19H,8-9,11H2,1-2H3. The molecule has 1 N–H and O–H groups in total. The lowest BCUT2D eigenvalue weighted by molar-refractivity contribution is -0.140. The molecule has 0 aliphatic rings. The lowest BCUT2D eigenvalue weighted by Gasteiger charge is -2.05. The first kappa shape index (κ1) is 17.5. The van der Waals surface area contributed by atoms with Crippen LogP contribution >= 0.6 is 0 Å². The van der Waals surface area contributed by atoms with Crippen LogP contribution in [-0.4, -0.2) is 30.3 Å². The van der Waals surface area contributed by atoms with Crippen molar-refractivity contribution >= 4 is 18.2 Å². The minimum Gasteiger partial charge on any atom is -0.469 e. The number of H-pyrrole nitrogens is 1. The third kappa shape index (κ3) is 4.10. The molecule has 0 bridgehead atoms. The number of esters is 2. The van der Waals surface area contributed by atoms with E-state index in [-0.39, 0.29) is 30.4 Å². The molecule has 1 heterocycles. The highest BCUT2D eigenvalue weighted by Crippen LogP contribution is 2.20. The van der Waals surface area contributed by atoms with E-state index in [4.69, 9.17) is 4.74 Å². The molecule has 0 fully saturated rings. The summed E-state index contributed by atoms with van der Waals surface area (Å²) in [5.74, 6) is -0.913. The van der Waals surface area contributed by atoms with Crippen LogP contribution in [0.3, 0.4) is 0 Å². The van der Waals surface area contributed by atoms with Crippen molar-refractivity contribution in [1.29, 1.82) is 0 Å². The predicted molar refractivity (Wildman–Crippen MR) is 86.8 cm³/mol. The molecule has 0 aliphatic carbocycles. The molecule has 0 aliphatic heterocycles. The average molecular weight is 329 g/mol. The monoisotopic (exact) mass is 329 g/mol. The fourth-order valence-electron chi connectivity index (χ4n) is 2.41. The molecule has 1 aromatic carbocycles. The van der Waals surface area contributed by atoms with Crippen molar-refractivity contribution in [1.82, 2.24) is 4.98 Å². The van der Waals surface area contributed by atoms with Gasteiger partial charge in [0.1, 0.15) is 12.3 Å². The first-order valence-corrected chi connectivity index (χ1v) is 7.51. The summed E-state index contributed by atoms with van der Waals surface area (Å²) in [4.78, 5) is 37.5. The molecule has 0 amide bonds. The molecule has 126 valence electrons. The van der Waals surface area contributed by atoms with Gasteiger partial charge in [-0.3, -0.25) is 9.59 Å². The van der Waals surface area contributed by atoms with Crippen molar-refractivity contribution in [3.05, 3.63) is 58.4 Å². The van der Waals surface area contributed by atoms with Gasteiger partial charge in [-0.25, -0.2) is 4.79 Å². The zero-order chi connectivity index (χ0) is 17.5. The number of carbonyl (C=O) groups excluding carboxylic acids is 3. The highest BCUT2D eigenvalue weighted by Gasteiger charge is 2.20. The van der Waals surface area contributed by atoms with Gasteiger partial charge in [0, 0.05) is 6.42 Å². The Morgan fingerprint density at radius 1 is 1.21 bits per heavy atom. The summed E-state index contributed by atoms with van der Waals surface area (Å²) >= 11 is 0. The number of hydrogen-bond donors (Lipinski definition) is 1. The number of hydrogen-bond acceptors (Lipinski definition) is 5. The Bertz CT molecular complexity index is 733. The number of aldehydes is 1. The summed E-state index contributed by atoms with van der Waals surface area (Å²) in [6.45, 7) is 1.86. The van der Waals surface area contributed by atoms with Gasteiger partial charge in [-0.1, -0.05) is 30.3 Å². The van der Waals surface area contributed by atoms with E-state index in [0.29, 0.717) is 23.8 Å². The van der Waals surface area contributed by atoms with E-state index in [1.807, 2.05) is 30.3 Å². The van der Waals surface area contributed by atoms with E-state index in [2.05, 4.69) is 9.72 Å². The number of ether oxygens (including phenoxy) is 2. The Kier molecular flexibility index (Phi) is 5.89. The van der Waals surface area contributed by atoms with Crippen LogP contribution in [0.25, 0.3) is 0 Å². The molecule has 2 rings (SSSR count). The summed E-state index contributed by atoms with van der Waals surface area (Å²) in [7, 11) is 1.30. The van der Waals surface area contributed by atoms with E-state index in [9.17, 15) is 14.4 Å². The van der Waals surface area contributed by atoms with Crippen LogP contribution in [0.15, 0.2) is 30.3 Å². The average Bonchev–Trinajstić information content (AvgIpc) is 2.94. The van der Waals surface area contributed by atoms with Crippen LogP contribution in [0.5, 0.6) is 0 Å². The van der Waals surface area contributed by atoms with Crippen LogP contribution in [0, 0.1) is 6.92 Å². The third-order valence-corrected chi connectivity index (χ3v) is 3.75. The largest absolute Gasteiger partial charge is 0.469 e. The molecule has 1 aromatic heterocycles. The zero-order valence-electron chi connectivity index (χ0n) is 13.6. The van der Waals surface area contributed by atoms with Gasteiger partial charge in [-0.15, -0.1) is 0 Å². The SMILES string of the molecule is COC(=O)CCc1c(C=O)[nH]c(C(=O)OCc2ccccc2)c1C. The Morgan fingerprint density at radius 2 is 1.92 bits per heavy atom. The van der Waals surface area contributed by atoms with Crippen molar-refractivity contribution in [3.8, 4) is 0 Å². The van der Waals surface area contributed by atoms with E-state index in [0.717, 1.165) is 5.56 Å². The first-order valence-electron chi connectivity index (χ1n) is 7.51. The summed E-state index contributed by atoms with van der Waals surface area (Å²) in [6, 6.07) is 9.31. The maximum absolute atomic E-state index is 12.3. The topological polar surface area (TPSA) is 85.5 Å². The Hall–Kier alpha value is -2.89. The van der Waals surface area contributed by atoms with Crippen LogP contribution in [0.2, 0.25) is 0 Å². The maximum Gasteiger partial charge on any atom is 0.355 e. The lowest BCUT2D eigenvalue weighted by atomic mass is 10.0. The molecule has 0 radical (unpaired) electrons. The van der Waals surface area contributed by atoms with E-state index in [1.165, 1.54) is 7.11 Å². The Morgan fingerprint density at radius 3 is 2.54 bits per heavy atom. The van der Waals surface area contributed by atoms with Gasteiger partial charge in [0.15, 0.2) is 6.29 Å². The van der Waals surface area contributed by atoms with Crippen LogP contribution in [0.1, 0.15) is 44.1 Å². The van der Waals surface area contributed by atoms with Gasteiger partial charge in [0.05, 0.1) is 12.8 Å². The van der Waals surface area contributed by atoms with Crippen molar-refractivity contribution in [2.45, 2.75) is 26.4 Å². The van der Waals surface area contributed by atoms with Crippen molar-refractivity contribution in [2.75, 3.05) is 7.11 Å². The molecule has 24 heavy (non-hydrogen) atoms. The first-order chi connectivity index (χ1) is 11.6. The number of rotatable bonds is 7. The minimum absolute atomic E-state index is 0.133. The molecular weight excluding hydrogens is 310 g/mol. The third-order valence-electron chi connectivity index (χ3n) is 3.75. The quantitative estimate of drug-likeness (QED) is 0.623. The van der Waals surface area contributed by atoms with Gasteiger partial charge in [0.2, 0.25) is 0 Å². The van der Waals surface area contributed by atoms with Crippen LogP contribution < -0.4 is 0 Å². The molecule has 0 saturated carbocycles. The second kappa shape index (κ2) is 8.10. The van der Waals surface area contributed by atoms with E-state index in [1.54, 1.807) is 6.92 Å². The van der Waals surface area contributed by atoms with Crippen molar-refractivity contribution < 1.29 is 23.9 Å². The summed E-state index contributed by atoms with van der Waals surface area (Å²) in [6.07, 6.45) is 1.08. The van der Waals surface area contributed by atoms with Crippen molar-refractivity contribution in [2.24, 2.45) is 0 Å². The molecule has 0 unspecified atom stereocenters.